The van der Waals surface area contributed by atoms with Gasteiger partial charge in [0.05, 0.1) is 5.56 Å². The second-order valence-electron chi connectivity index (χ2n) is 2.69. The molecule has 0 aliphatic heterocycles. The zero-order chi connectivity index (χ0) is 10.9. The number of carbonyl (C=O) groups excluding carboxylic acids is 1. The van der Waals surface area contributed by atoms with Gasteiger partial charge < -0.3 is 5.73 Å². The summed E-state index contributed by atoms with van der Waals surface area (Å²) in [7, 11) is 0. The normalized spacial score (nSPS) is 10.6. The molecule has 0 fully saturated rings. The quantitative estimate of drug-likeness (QED) is 0.776. The van der Waals surface area contributed by atoms with Gasteiger partial charge in [-0.25, -0.2) is 13.8 Å². The standard InChI is InChI=1S/C8H7ClF2N2O/c1-3-2-4(8(12)14)13-6(9)5(3)7(10)11/h2,7H,1H3,(H2,12,14). The number of carbonyl (C=O) groups is 1. The van der Waals surface area contributed by atoms with Gasteiger partial charge in [-0.05, 0) is 18.6 Å². The lowest BCUT2D eigenvalue weighted by molar-refractivity contribution is 0.0994. The lowest BCUT2D eigenvalue weighted by Gasteiger charge is -2.07. The van der Waals surface area contributed by atoms with Crippen molar-refractivity contribution in [2.45, 2.75) is 13.3 Å². The first-order valence-corrected chi connectivity index (χ1v) is 4.06. The second-order valence-corrected chi connectivity index (χ2v) is 3.05. The maximum Gasteiger partial charge on any atom is 0.267 e. The van der Waals surface area contributed by atoms with E-state index >= 15 is 0 Å². The van der Waals surface area contributed by atoms with Crippen LogP contribution in [0.15, 0.2) is 6.07 Å². The minimum Gasteiger partial charge on any atom is -0.364 e. The molecule has 0 aromatic carbocycles. The lowest BCUT2D eigenvalue weighted by atomic mass is 10.1. The van der Waals surface area contributed by atoms with E-state index in [9.17, 15) is 13.6 Å². The van der Waals surface area contributed by atoms with Crippen LogP contribution in [0.2, 0.25) is 5.15 Å². The van der Waals surface area contributed by atoms with Crippen LogP contribution in [0.4, 0.5) is 8.78 Å². The van der Waals surface area contributed by atoms with Crippen molar-refractivity contribution in [3.8, 4) is 0 Å². The van der Waals surface area contributed by atoms with Crippen molar-refractivity contribution in [2.75, 3.05) is 0 Å². The van der Waals surface area contributed by atoms with E-state index in [1.807, 2.05) is 0 Å². The van der Waals surface area contributed by atoms with Crippen LogP contribution in [0, 0.1) is 6.92 Å². The van der Waals surface area contributed by atoms with Gasteiger partial charge in [0.15, 0.2) is 0 Å². The molecule has 1 aromatic heterocycles. The molecule has 76 valence electrons. The summed E-state index contributed by atoms with van der Waals surface area (Å²) in [6.45, 7) is 1.42. The topological polar surface area (TPSA) is 56.0 Å². The van der Waals surface area contributed by atoms with Gasteiger partial charge in [-0.15, -0.1) is 0 Å². The number of nitrogens with zero attached hydrogens (tertiary/aromatic N) is 1. The Balaban J connectivity index is 3.32. The van der Waals surface area contributed by atoms with Crippen molar-refractivity contribution in [2.24, 2.45) is 5.73 Å². The Bertz CT molecular complexity index is 359. The van der Waals surface area contributed by atoms with Gasteiger partial charge in [0.1, 0.15) is 10.8 Å². The number of amides is 1. The fourth-order valence-electron chi connectivity index (χ4n) is 1.03. The first-order valence-electron chi connectivity index (χ1n) is 3.68. The molecule has 0 spiro atoms. The summed E-state index contributed by atoms with van der Waals surface area (Å²) in [4.78, 5) is 14.2. The smallest absolute Gasteiger partial charge is 0.267 e. The summed E-state index contributed by atoms with van der Waals surface area (Å²) in [6, 6.07) is 1.19. The van der Waals surface area contributed by atoms with Crippen LogP contribution in [0.5, 0.6) is 0 Å². The SMILES string of the molecule is Cc1cc(C(N)=O)nc(Cl)c1C(F)F. The van der Waals surface area contributed by atoms with Crippen LogP contribution in [0.25, 0.3) is 0 Å². The maximum atomic E-state index is 12.4. The number of hydrogen-bond acceptors (Lipinski definition) is 2. The molecule has 14 heavy (non-hydrogen) atoms. The minimum atomic E-state index is -2.71. The van der Waals surface area contributed by atoms with E-state index in [2.05, 4.69) is 4.98 Å². The summed E-state index contributed by atoms with van der Waals surface area (Å²) < 4.78 is 24.8. The largest absolute Gasteiger partial charge is 0.364 e. The van der Waals surface area contributed by atoms with E-state index in [1.54, 1.807) is 0 Å². The molecule has 6 heteroatoms. The first kappa shape index (κ1) is 10.8. The fourth-order valence-corrected chi connectivity index (χ4v) is 1.35. The predicted octanol–water partition coefficient (Wildman–Crippen LogP) is 2.08. The van der Waals surface area contributed by atoms with Crippen LogP contribution in [-0.4, -0.2) is 10.9 Å². The van der Waals surface area contributed by atoms with E-state index < -0.39 is 12.3 Å². The third-order valence-electron chi connectivity index (χ3n) is 1.69. The number of pyridine rings is 1. The number of halogens is 3. The van der Waals surface area contributed by atoms with Gasteiger partial charge in [0, 0.05) is 0 Å². The molecule has 0 aliphatic rings. The number of aromatic nitrogens is 1. The molecule has 1 aromatic rings. The molecule has 1 heterocycles. The zero-order valence-corrected chi connectivity index (χ0v) is 7.98. The van der Waals surface area contributed by atoms with Gasteiger partial charge in [-0.3, -0.25) is 4.79 Å². The molecule has 0 atom stereocenters. The average Bonchev–Trinajstić information content (AvgIpc) is 2.01. The summed E-state index contributed by atoms with van der Waals surface area (Å²) >= 11 is 5.47. The Morgan fingerprint density at radius 1 is 1.64 bits per heavy atom. The molecular weight excluding hydrogens is 214 g/mol. The highest BCUT2D eigenvalue weighted by atomic mass is 35.5. The van der Waals surface area contributed by atoms with Crippen molar-refractivity contribution >= 4 is 17.5 Å². The molecule has 1 rings (SSSR count). The van der Waals surface area contributed by atoms with Gasteiger partial charge in [-0.1, -0.05) is 11.6 Å². The van der Waals surface area contributed by atoms with Crippen molar-refractivity contribution in [1.29, 1.82) is 0 Å². The Kier molecular flexibility index (Phi) is 3.00. The van der Waals surface area contributed by atoms with Gasteiger partial charge in [0.2, 0.25) is 0 Å². The highest BCUT2D eigenvalue weighted by molar-refractivity contribution is 6.30. The van der Waals surface area contributed by atoms with Crippen LogP contribution >= 0.6 is 11.6 Å². The number of alkyl halides is 2. The third kappa shape index (κ3) is 1.98. The number of nitrogens with two attached hydrogens (primary N) is 1. The second kappa shape index (κ2) is 3.88. The summed E-state index contributed by atoms with van der Waals surface area (Å²) in [6.07, 6.45) is -2.71. The van der Waals surface area contributed by atoms with Crippen LogP contribution in [0.1, 0.15) is 28.0 Å². The van der Waals surface area contributed by atoms with Crippen molar-refractivity contribution < 1.29 is 13.6 Å². The predicted molar refractivity (Wildman–Crippen MR) is 47.5 cm³/mol. The monoisotopic (exact) mass is 220 g/mol. The molecule has 3 nitrogen and oxygen atoms in total. The Hall–Kier alpha value is -1.23. The summed E-state index contributed by atoms with van der Waals surface area (Å²) in [5.41, 5.74) is 4.65. The third-order valence-corrected chi connectivity index (χ3v) is 1.98. The Morgan fingerprint density at radius 2 is 2.21 bits per heavy atom. The number of rotatable bonds is 2. The summed E-state index contributed by atoms with van der Waals surface area (Å²) in [5.74, 6) is -0.796. The zero-order valence-electron chi connectivity index (χ0n) is 7.22. The fraction of sp³-hybridized carbons (Fsp3) is 0.250. The molecule has 0 unspecified atom stereocenters. The van der Waals surface area contributed by atoms with E-state index in [0.717, 1.165) is 0 Å². The van der Waals surface area contributed by atoms with E-state index in [0.29, 0.717) is 0 Å². The van der Waals surface area contributed by atoms with E-state index in [4.69, 9.17) is 17.3 Å². The molecule has 0 bridgehead atoms. The number of hydrogen-bond donors (Lipinski definition) is 1. The molecule has 1 amide bonds. The molecule has 0 radical (unpaired) electrons. The lowest BCUT2D eigenvalue weighted by Crippen LogP contribution is -2.14. The molecular formula is C8H7ClF2N2O. The number of primary amides is 1. The highest BCUT2D eigenvalue weighted by Gasteiger charge is 2.18. The molecule has 0 saturated heterocycles. The van der Waals surface area contributed by atoms with Crippen LogP contribution in [0.3, 0.4) is 0 Å². The van der Waals surface area contributed by atoms with Crippen molar-refractivity contribution in [3.63, 3.8) is 0 Å². The summed E-state index contributed by atoms with van der Waals surface area (Å²) in [5, 5.41) is -0.381. The van der Waals surface area contributed by atoms with Crippen LogP contribution < -0.4 is 5.73 Å². The van der Waals surface area contributed by atoms with Crippen molar-refractivity contribution in [1.82, 2.24) is 4.98 Å². The van der Waals surface area contributed by atoms with Gasteiger partial charge in [-0.2, -0.15) is 0 Å². The molecule has 0 aliphatic carbocycles. The Morgan fingerprint density at radius 3 is 2.57 bits per heavy atom. The van der Waals surface area contributed by atoms with Gasteiger partial charge >= 0.3 is 0 Å². The Labute approximate surface area is 83.9 Å². The van der Waals surface area contributed by atoms with Crippen molar-refractivity contribution in [3.05, 3.63) is 28.0 Å². The van der Waals surface area contributed by atoms with E-state index in [1.165, 1.54) is 13.0 Å². The molecule has 0 saturated carbocycles. The minimum absolute atomic E-state index is 0.114. The first-order chi connectivity index (χ1) is 6.43. The maximum absolute atomic E-state index is 12.4. The van der Waals surface area contributed by atoms with E-state index in [-0.39, 0.29) is 22.0 Å². The average molecular weight is 221 g/mol. The molecule has 2 N–H and O–H groups in total. The van der Waals surface area contributed by atoms with Crippen LogP contribution in [-0.2, 0) is 0 Å². The number of aryl methyl sites for hydroxylation is 1. The highest BCUT2D eigenvalue weighted by Crippen LogP contribution is 2.28. The van der Waals surface area contributed by atoms with Gasteiger partial charge in [0.25, 0.3) is 12.3 Å².